The van der Waals surface area contributed by atoms with Gasteiger partial charge in [-0.3, -0.25) is 14.6 Å². The van der Waals surface area contributed by atoms with Crippen LogP contribution in [0.25, 0.3) is 11.4 Å². The number of carbonyl (C=O) groups is 1. The third-order valence-electron chi connectivity index (χ3n) is 6.84. The largest absolute Gasteiger partial charge is 0.493 e. The maximum atomic E-state index is 12.7. The maximum absolute atomic E-state index is 12.7. The number of aromatic nitrogens is 2. The molecule has 1 aromatic heterocycles. The quantitative estimate of drug-likeness (QED) is 0.614. The van der Waals surface area contributed by atoms with Crippen molar-refractivity contribution < 1.29 is 18.8 Å². The predicted molar refractivity (Wildman–Crippen MR) is 124 cm³/mol. The summed E-state index contributed by atoms with van der Waals surface area (Å²) in [5.74, 6) is 2.66. The molecule has 0 aliphatic carbocycles. The van der Waals surface area contributed by atoms with Crippen molar-refractivity contribution in [1.82, 2.24) is 25.3 Å². The molecule has 3 heterocycles. The molecule has 33 heavy (non-hydrogen) atoms. The van der Waals surface area contributed by atoms with Crippen molar-refractivity contribution in [2.45, 2.75) is 45.2 Å². The van der Waals surface area contributed by atoms with Crippen LogP contribution in [0.5, 0.6) is 11.5 Å². The molecule has 1 amide bonds. The molecule has 1 atom stereocenters. The van der Waals surface area contributed by atoms with Gasteiger partial charge in [0.15, 0.2) is 11.5 Å². The van der Waals surface area contributed by atoms with Gasteiger partial charge in [0.2, 0.25) is 17.6 Å². The molecule has 9 heteroatoms. The minimum absolute atomic E-state index is 0.0859. The molecule has 0 radical (unpaired) electrons. The molecule has 9 nitrogen and oxygen atoms in total. The van der Waals surface area contributed by atoms with Crippen molar-refractivity contribution >= 4 is 5.91 Å². The van der Waals surface area contributed by atoms with E-state index in [1.165, 1.54) is 12.8 Å². The number of methoxy groups -OCH3 is 2. The standard InChI is InChI=1S/C24H35N5O4/c1-4-29-11-5-6-19(29)15-25-24(30)17-9-12-28(13-10-17)16-22-26-23(27-33-22)18-7-8-20(31-2)21(14-18)32-3/h7-8,14,17,19H,4-6,9-13,15-16H2,1-3H3,(H,25,30)/t19-/m0/s1. The van der Waals surface area contributed by atoms with E-state index in [-0.39, 0.29) is 11.8 Å². The number of likely N-dealkylation sites (N-methyl/N-ethyl adjacent to an activating group) is 1. The Morgan fingerprint density at radius 3 is 2.67 bits per heavy atom. The van der Waals surface area contributed by atoms with Gasteiger partial charge in [-0.05, 0) is 70.1 Å². The van der Waals surface area contributed by atoms with Crippen molar-refractivity contribution in [3.8, 4) is 22.9 Å². The van der Waals surface area contributed by atoms with E-state index in [0.29, 0.717) is 35.8 Å². The van der Waals surface area contributed by atoms with E-state index < -0.39 is 0 Å². The number of hydrogen-bond acceptors (Lipinski definition) is 8. The van der Waals surface area contributed by atoms with Crippen LogP contribution in [0, 0.1) is 5.92 Å². The van der Waals surface area contributed by atoms with E-state index in [1.54, 1.807) is 14.2 Å². The van der Waals surface area contributed by atoms with Crippen LogP contribution in [0.1, 0.15) is 38.5 Å². The number of likely N-dealkylation sites (tertiary alicyclic amines) is 2. The van der Waals surface area contributed by atoms with Crippen LogP contribution in [0.3, 0.4) is 0 Å². The first-order valence-corrected chi connectivity index (χ1v) is 11.9. The molecule has 180 valence electrons. The van der Waals surface area contributed by atoms with Gasteiger partial charge in [0.25, 0.3) is 0 Å². The molecule has 4 rings (SSSR count). The van der Waals surface area contributed by atoms with Crippen molar-refractivity contribution in [2.24, 2.45) is 5.92 Å². The van der Waals surface area contributed by atoms with Crippen LogP contribution in [-0.4, -0.2) is 78.8 Å². The zero-order valence-electron chi connectivity index (χ0n) is 19.9. The molecule has 2 aliphatic rings. The van der Waals surface area contributed by atoms with Crippen LogP contribution in [-0.2, 0) is 11.3 Å². The highest BCUT2D eigenvalue weighted by Gasteiger charge is 2.28. The number of ether oxygens (including phenoxy) is 2. The molecular weight excluding hydrogens is 422 g/mol. The average molecular weight is 458 g/mol. The number of rotatable bonds is 9. The first-order chi connectivity index (χ1) is 16.1. The Bertz CT molecular complexity index is 925. The smallest absolute Gasteiger partial charge is 0.241 e. The molecule has 2 aliphatic heterocycles. The second-order valence-electron chi connectivity index (χ2n) is 8.80. The van der Waals surface area contributed by atoms with E-state index in [4.69, 9.17) is 14.0 Å². The highest BCUT2D eigenvalue weighted by atomic mass is 16.5. The minimum Gasteiger partial charge on any atom is -0.493 e. The Morgan fingerprint density at radius 2 is 1.94 bits per heavy atom. The van der Waals surface area contributed by atoms with E-state index in [0.717, 1.165) is 51.1 Å². The summed E-state index contributed by atoms with van der Waals surface area (Å²) < 4.78 is 16.1. The van der Waals surface area contributed by atoms with E-state index in [1.807, 2.05) is 18.2 Å². The second kappa shape index (κ2) is 11.0. The average Bonchev–Trinajstić information content (AvgIpc) is 3.51. The molecule has 2 aromatic rings. The summed E-state index contributed by atoms with van der Waals surface area (Å²) in [7, 11) is 3.20. The van der Waals surface area contributed by atoms with Gasteiger partial charge in [-0.2, -0.15) is 4.98 Å². The first kappa shape index (κ1) is 23.5. The number of nitrogens with zero attached hydrogens (tertiary/aromatic N) is 4. The zero-order chi connectivity index (χ0) is 23.2. The number of benzene rings is 1. The van der Waals surface area contributed by atoms with Gasteiger partial charge in [0.1, 0.15) is 0 Å². The summed E-state index contributed by atoms with van der Waals surface area (Å²) in [5, 5.41) is 7.33. The molecule has 0 spiro atoms. The van der Waals surface area contributed by atoms with Crippen LogP contribution >= 0.6 is 0 Å². The predicted octanol–water partition coefficient (Wildman–Crippen LogP) is 2.57. The maximum Gasteiger partial charge on any atom is 0.241 e. The second-order valence-corrected chi connectivity index (χ2v) is 8.80. The van der Waals surface area contributed by atoms with E-state index in [9.17, 15) is 4.79 Å². The summed E-state index contributed by atoms with van der Waals surface area (Å²) >= 11 is 0. The fourth-order valence-electron chi connectivity index (χ4n) is 4.86. The minimum atomic E-state index is 0.0859. The lowest BCUT2D eigenvalue weighted by Gasteiger charge is -2.31. The topological polar surface area (TPSA) is 93.0 Å². The Balaban J connectivity index is 1.25. The molecule has 2 saturated heterocycles. The number of nitrogens with one attached hydrogen (secondary N) is 1. The van der Waals surface area contributed by atoms with Crippen molar-refractivity contribution in [2.75, 3.05) is 46.9 Å². The first-order valence-electron chi connectivity index (χ1n) is 11.9. The zero-order valence-corrected chi connectivity index (χ0v) is 19.9. The van der Waals surface area contributed by atoms with Crippen molar-refractivity contribution in [1.29, 1.82) is 0 Å². The number of hydrogen-bond donors (Lipinski definition) is 1. The molecule has 1 aromatic carbocycles. The molecule has 0 saturated carbocycles. The SMILES string of the molecule is CCN1CCC[C@H]1CNC(=O)C1CCN(Cc2nc(-c3ccc(OC)c(OC)c3)no2)CC1. The van der Waals surface area contributed by atoms with E-state index in [2.05, 4.69) is 32.2 Å². The van der Waals surface area contributed by atoms with Gasteiger partial charge in [-0.25, -0.2) is 0 Å². The fraction of sp³-hybridized carbons (Fsp3) is 0.625. The third kappa shape index (κ3) is 5.65. The molecular formula is C24H35N5O4. The van der Waals surface area contributed by atoms with Gasteiger partial charge in [-0.1, -0.05) is 12.1 Å². The summed E-state index contributed by atoms with van der Waals surface area (Å²) in [6.45, 7) is 7.44. The Kier molecular flexibility index (Phi) is 7.82. The summed E-state index contributed by atoms with van der Waals surface area (Å²) in [5.41, 5.74) is 0.807. The van der Waals surface area contributed by atoms with Gasteiger partial charge < -0.3 is 19.3 Å². The summed E-state index contributed by atoms with van der Waals surface area (Å²) in [6.07, 6.45) is 4.12. The molecule has 0 unspecified atom stereocenters. The highest BCUT2D eigenvalue weighted by molar-refractivity contribution is 5.78. The number of carbonyl (C=O) groups excluding carboxylic acids is 1. The highest BCUT2D eigenvalue weighted by Crippen LogP contribution is 2.31. The number of amides is 1. The lowest BCUT2D eigenvalue weighted by atomic mass is 9.96. The lowest BCUT2D eigenvalue weighted by Crippen LogP contribution is -2.44. The van der Waals surface area contributed by atoms with Crippen LogP contribution in [0.15, 0.2) is 22.7 Å². The Labute approximate surface area is 195 Å². The summed E-state index contributed by atoms with van der Waals surface area (Å²) in [4.78, 5) is 21.9. The fourth-order valence-corrected chi connectivity index (χ4v) is 4.86. The van der Waals surface area contributed by atoms with Crippen LogP contribution < -0.4 is 14.8 Å². The molecule has 1 N–H and O–H groups in total. The van der Waals surface area contributed by atoms with Gasteiger partial charge in [0.05, 0.1) is 20.8 Å². The van der Waals surface area contributed by atoms with Gasteiger partial charge in [-0.15, -0.1) is 0 Å². The van der Waals surface area contributed by atoms with Gasteiger partial charge >= 0.3 is 0 Å². The lowest BCUT2D eigenvalue weighted by molar-refractivity contribution is -0.126. The monoisotopic (exact) mass is 457 g/mol. The molecule has 0 bridgehead atoms. The Hall–Kier alpha value is -2.65. The van der Waals surface area contributed by atoms with Crippen molar-refractivity contribution in [3.05, 3.63) is 24.1 Å². The Morgan fingerprint density at radius 1 is 1.15 bits per heavy atom. The van der Waals surface area contributed by atoms with Crippen molar-refractivity contribution in [3.63, 3.8) is 0 Å². The third-order valence-corrected chi connectivity index (χ3v) is 6.84. The molecule has 2 fully saturated rings. The van der Waals surface area contributed by atoms with Crippen LogP contribution in [0.4, 0.5) is 0 Å². The van der Waals surface area contributed by atoms with Crippen LogP contribution in [0.2, 0.25) is 0 Å². The summed E-state index contributed by atoms with van der Waals surface area (Å²) in [6, 6.07) is 6.04. The normalized spacial score (nSPS) is 20.2. The van der Waals surface area contributed by atoms with E-state index >= 15 is 0 Å². The number of piperidine rings is 1. The van der Waals surface area contributed by atoms with Gasteiger partial charge in [0, 0.05) is 24.1 Å².